The van der Waals surface area contributed by atoms with E-state index in [1.54, 1.807) is 6.07 Å². The number of likely N-dealkylation sites (tertiary alicyclic amines) is 1. The summed E-state index contributed by atoms with van der Waals surface area (Å²) >= 11 is 0. The van der Waals surface area contributed by atoms with Gasteiger partial charge in [0, 0.05) is 5.56 Å². The van der Waals surface area contributed by atoms with Gasteiger partial charge in [-0.25, -0.2) is 0 Å². The lowest BCUT2D eigenvalue weighted by molar-refractivity contribution is -0.152. The van der Waals surface area contributed by atoms with Crippen LogP contribution >= 0.6 is 0 Å². The molecule has 1 aromatic rings. The van der Waals surface area contributed by atoms with Crippen molar-refractivity contribution in [3.63, 3.8) is 0 Å². The lowest BCUT2D eigenvalue weighted by Gasteiger charge is -2.37. The summed E-state index contributed by atoms with van der Waals surface area (Å²) in [6.45, 7) is 2.89. The molecule has 6 heteroatoms. The molecule has 3 fully saturated rings. The number of allylic oxidation sites excluding steroid dienone is 2. The summed E-state index contributed by atoms with van der Waals surface area (Å²) < 4.78 is 5.11. The van der Waals surface area contributed by atoms with E-state index in [0.29, 0.717) is 17.4 Å². The Morgan fingerprint density at radius 1 is 1.03 bits per heavy atom. The van der Waals surface area contributed by atoms with E-state index in [0.717, 1.165) is 22.4 Å². The monoisotopic (exact) mass is 393 g/mol. The van der Waals surface area contributed by atoms with Crippen LogP contribution in [0.15, 0.2) is 30.4 Å². The molecule has 150 valence electrons. The number of hydrogen-bond donors (Lipinski definition) is 0. The molecule has 29 heavy (non-hydrogen) atoms. The molecule has 0 spiro atoms. The molecular formula is C23H23NO5. The van der Waals surface area contributed by atoms with Crippen LogP contribution < -0.4 is 0 Å². The third-order valence-electron chi connectivity index (χ3n) is 7.10. The molecule has 1 heterocycles. The molecule has 2 amide bonds. The maximum atomic E-state index is 12.9. The molecule has 4 aliphatic carbocycles. The molecular weight excluding hydrogens is 370 g/mol. The average Bonchev–Trinajstić information content (AvgIpc) is 3.49. The van der Waals surface area contributed by atoms with E-state index in [9.17, 15) is 19.2 Å². The highest BCUT2D eigenvalue weighted by molar-refractivity contribution is 6.08. The number of hydrogen-bond acceptors (Lipinski definition) is 5. The number of ketones is 1. The van der Waals surface area contributed by atoms with Gasteiger partial charge in [-0.15, -0.1) is 0 Å². The van der Waals surface area contributed by atoms with Crippen LogP contribution in [-0.4, -0.2) is 41.6 Å². The number of benzene rings is 1. The molecule has 1 aliphatic heterocycles. The van der Waals surface area contributed by atoms with Crippen LogP contribution in [-0.2, 0) is 19.1 Å². The lowest BCUT2D eigenvalue weighted by atomic mass is 9.63. The van der Waals surface area contributed by atoms with Crippen LogP contribution in [0.1, 0.15) is 27.9 Å². The van der Waals surface area contributed by atoms with Gasteiger partial charge in [-0.2, -0.15) is 0 Å². The Kier molecular flexibility index (Phi) is 4.02. The molecule has 0 unspecified atom stereocenters. The third kappa shape index (κ3) is 2.76. The standard InChI is InChI=1S/C23H23NO5/c1-11-3-4-12(2)15(7-11)18(25)10-29-19(26)9-24-22(27)20-13-5-6-14(17-8-16(13)17)21(20)23(24)28/h3-7,13-14,16-17,20-21H,8-10H2,1-2H3/t13-,14-,16-,17+,20-,21+/m0/s1. The van der Waals surface area contributed by atoms with Crippen molar-refractivity contribution in [2.45, 2.75) is 20.3 Å². The van der Waals surface area contributed by atoms with Crippen molar-refractivity contribution in [2.24, 2.45) is 35.5 Å². The molecule has 1 aromatic carbocycles. The minimum Gasteiger partial charge on any atom is -0.456 e. The second-order valence-electron chi connectivity index (χ2n) is 8.82. The zero-order chi connectivity index (χ0) is 20.4. The smallest absolute Gasteiger partial charge is 0.326 e. The summed E-state index contributed by atoms with van der Waals surface area (Å²) in [5.74, 6) is -0.919. The molecule has 2 bridgehead atoms. The van der Waals surface area contributed by atoms with Crippen molar-refractivity contribution in [1.29, 1.82) is 0 Å². The van der Waals surface area contributed by atoms with Crippen LogP contribution in [0.3, 0.4) is 0 Å². The summed E-state index contributed by atoms with van der Waals surface area (Å²) in [6, 6.07) is 5.52. The number of esters is 1. The first-order chi connectivity index (χ1) is 13.9. The van der Waals surface area contributed by atoms with E-state index in [1.165, 1.54) is 0 Å². The SMILES string of the molecule is Cc1ccc(C)c(C(=O)COC(=O)CN2C(=O)[C@@H]3[C@H]4C=C[C@@H]([C@@H]5C[C@H]45)[C@@H]3C2=O)c1. The summed E-state index contributed by atoms with van der Waals surface area (Å²) in [4.78, 5) is 51.5. The fourth-order valence-electron chi connectivity index (χ4n) is 5.61. The number of Topliss-reactive ketones (excluding diaryl/α,β-unsaturated/α-hetero) is 1. The maximum absolute atomic E-state index is 12.9. The summed E-state index contributed by atoms with van der Waals surface area (Å²) in [7, 11) is 0. The van der Waals surface area contributed by atoms with E-state index in [-0.39, 0.29) is 41.3 Å². The number of carbonyl (C=O) groups is 4. The Morgan fingerprint density at radius 2 is 1.66 bits per heavy atom. The van der Waals surface area contributed by atoms with Crippen molar-refractivity contribution < 1.29 is 23.9 Å². The summed E-state index contributed by atoms with van der Waals surface area (Å²) in [5.41, 5.74) is 2.27. The Balaban J connectivity index is 1.23. The molecule has 0 aromatic heterocycles. The van der Waals surface area contributed by atoms with E-state index in [2.05, 4.69) is 12.2 Å². The quantitative estimate of drug-likeness (QED) is 0.331. The predicted molar refractivity (Wildman–Crippen MR) is 103 cm³/mol. The van der Waals surface area contributed by atoms with Crippen molar-refractivity contribution in [2.75, 3.05) is 13.2 Å². The zero-order valence-corrected chi connectivity index (χ0v) is 16.5. The topological polar surface area (TPSA) is 80.8 Å². The van der Waals surface area contributed by atoms with Gasteiger partial charge >= 0.3 is 5.97 Å². The van der Waals surface area contributed by atoms with Crippen LogP contribution in [0.4, 0.5) is 0 Å². The highest BCUT2D eigenvalue weighted by atomic mass is 16.5. The van der Waals surface area contributed by atoms with Gasteiger partial charge in [0.1, 0.15) is 6.54 Å². The molecule has 0 N–H and O–H groups in total. The number of aryl methyl sites for hydroxylation is 2. The Morgan fingerprint density at radius 3 is 2.28 bits per heavy atom. The number of amides is 2. The van der Waals surface area contributed by atoms with Gasteiger partial charge in [0.2, 0.25) is 17.6 Å². The maximum Gasteiger partial charge on any atom is 0.326 e. The molecule has 6 rings (SSSR count). The highest BCUT2D eigenvalue weighted by Crippen LogP contribution is 2.65. The average molecular weight is 393 g/mol. The summed E-state index contributed by atoms with van der Waals surface area (Å²) in [5, 5.41) is 0. The van der Waals surface area contributed by atoms with Gasteiger partial charge in [0.15, 0.2) is 6.61 Å². The van der Waals surface area contributed by atoms with Crippen molar-refractivity contribution in [1.82, 2.24) is 4.90 Å². The lowest BCUT2D eigenvalue weighted by Crippen LogP contribution is -2.40. The fraction of sp³-hybridized carbons (Fsp3) is 0.478. The number of carbonyl (C=O) groups excluding carboxylic acids is 4. The van der Waals surface area contributed by atoms with E-state index >= 15 is 0 Å². The van der Waals surface area contributed by atoms with E-state index in [4.69, 9.17) is 4.74 Å². The van der Waals surface area contributed by atoms with E-state index < -0.39 is 19.1 Å². The van der Waals surface area contributed by atoms with Gasteiger partial charge in [-0.05, 0) is 55.6 Å². The van der Waals surface area contributed by atoms with Crippen LogP contribution in [0, 0.1) is 49.4 Å². The van der Waals surface area contributed by atoms with Gasteiger partial charge in [-0.1, -0.05) is 29.8 Å². The number of nitrogens with zero attached hydrogens (tertiary/aromatic N) is 1. The van der Waals surface area contributed by atoms with Gasteiger partial charge in [0.25, 0.3) is 0 Å². The minimum atomic E-state index is -0.727. The number of ether oxygens (including phenoxy) is 1. The molecule has 1 saturated heterocycles. The van der Waals surface area contributed by atoms with E-state index in [1.807, 2.05) is 26.0 Å². The first-order valence-electron chi connectivity index (χ1n) is 10.2. The molecule has 6 nitrogen and oxygen atoms in total. The Labute approximate surface area is 168 Å². The van der Waals surface area contributed by atoms with Gasteiger partial charge in [-0.3, -0.25) is 24.1 Å². The predicted octanol–water partition coefficient (Wildman–Crippen LogP) is 2.08. The third-order valence-corrected chi connectivity index (χ3v) is 7.10. The normalized spacial score (nSPS) is 33.5. The van der Waals surface area contributed by atoms with Crippen LogP contribution in [0.2, 0.25) is 0 Å². The van der Waals surface area contributed by atoms with Crippen molar-refractivity contribution in [3.05, 3.63) is 47.0 Å². The van der Waals surface area contributed by atoms with Gasteiger partial charge in [0.05, 0.1) is 11.8 Å². The van der Waals surface area contributed by atoms with Crippen LogP contribution in [0.5, 0.6) is 0 Å². The zero-order valence-electron chi connectivity index (χ0n) is 16.5. The van der Waals surface area contributed by atoms with Crippen molar-refractivity contribution in [3.8, 4) is 0 Å². The second kappa shape index (κ2) is 6.37. The van der Waals surface area contributed by atoms with Gasteiger partial charge < -0.3 is 4.74 Å². The largest absolute Gasteiger partial charge is 0.456 e. The molecule has 6 atom stereocenters. The highest BCUT2D eigenvalue weighted by Gasteiger charge is 2.67. The van der Waals surface area contributed by atoms with Crippen LogP contribution in [0.25, 0.3) is 0 Å². The number of imide groups is 1. The second-order valence-corrected chi connectivity index (χ2v) is 8.82. The first kappa shape index (κ1) is 18.3. The summed E-state index contributed by atoms with van der Waals surface area (Å²) in [6.07, 6.45) is 5.28. The Hall–Kier alpha value is -2.76. The van der Waals surface area contributed by atoms with Crippen molar-refractivity contribution >= 4 is 23.6 Å². The Bertz CT molecular complexity index is 943. The molecule has 0 radical (unpaired) electrons. The molecule has 5 aliphatic rings. The fourth-order valence-corrected chi connectivity index (χ4v) is 5.61. The minimum absolute atomic E-state index is 0.123. The first-order valence-corrected chi connectivity index (χ1v) is 10.2. The molecule has 2 saturated carbocycles. The number of rotatable bonds is 5.